The van der Waals surface area contributed by atoms with Crippen LogP contribution >= 0.6 is 22.7 Å². The number of amides is 1. The van der Waals surface area contributed by atoms with Crippen molar-refractivity contribution in [1.29, 1.82) is 0 Å². The normalized spacial score (nSPS) is 10.9. The number of anilines is 1. The van der Waals surface area contributed by atoms with Gasteiger partial charge in [-0.1, -0.05) is 18.2 Å². The number of thiophene rings is 1. The highest BCUT2D eigenvalue weighted by Crippen LogP contribution is 2.23. The number of nitrogens with zero attached hydrogens (tertiary/aromatic N) is 3. The lowest BCUT2D eigenvalue weighted by Crippen LogP contribution is -2.25. The maximum absolute atomic E-state index is 12.2. The van der Waals surface area contributed by atoms with Gasteiger partial charge >= 0.3 is 5.76 Å². The standard InChI is InChI=1S/C18H14N4O3S2/c1-11-19-14(10-27-11)12-4-6-13(7-5-12)20-16(23)9-22-18(24)25-17(21-22)15-3-2-8-26-15/h2-8,10H,9H2,1H3,(H,20,23). The number of benzene rings is 1. The van der Waals surface area contributed by atoms with Gasteiger partial charge in [-0.2, -0.15) is 4.68 Å². The van der Waals surface area contributed by atoms with Crippen LogP contribution < -0.4 is 11.1 Å². The molecule has 0 saturated carbocycles. The van der Waals surface area contributed by atoms with Gasteiger partial charge in [0, 0.05) is 16.6 Å². The Labute approximate surface area is 161 Å². The summed E-state index contributed by atoms with van der Waals surface area (Å²) in [6, 6.07) is 11.0. The van der Waals surface area contributed by atoms with E-state index in [0.717, 1.165) is 25.8 Å². The first kappa shape index (κ1) is 17.4. The number of aromatic nitrogens is 3. The van der Waals surface area contributed by atoms with Crippen LogP contribution in [0.5, 0.6) is 0 Å². The minimum Gasteiger partial charge on any atom is -0.387 e. The molecule has 0 unspecified atom stereocenters. The topological polar surface area (TPSA) is 90.0 Å². The van der Waals surface area contributed by atoms with Crippen molar-refractivity contribution < 1.29 is 9.21 Å². The number of thiazole rings is 1. The molecule has 0 saturated heterocycles. The third-order valence-corrected chi connectivity index (χ3v) is 5.35. The zero-order valence-electron chi connectivity index (χ0n) is 14.2. The Kier molecular flexibility index (Phi) is 4.69. The number of rotatable bonds is 5. The highest BCUT2D eigenvalue weighted by atomic mass is 32.1. The molecular formula is C18H14N4O3S2. The molecule has 4 aromatic rings. The zero-order valence-corrected chi connectivity index (χ0v) is 15.8. The molecule has 1 N–H and O–H groups in total. The second kappa shape index (κ2) is 7.29. The van der Waals surface area contributed by atoms with E-state index in [1.807, 2.05) is 35.9 Å². The average Bonchev–Trinajstić information content (AvgIpc) is 3.38. The number of hydrogen-bond acceptors (Lipinski definition) is 7. The maximum atomic E-state index is 12.2. The molecule has 0 spiro atoms. The van der Waals surface area contributed by atoms with Crippen LogP contribution in [0.25, 0.3) is 22.0 Å². The van der Waals surface area contributed by atoms with Crippen molar-refractivity contribution in [2.75, 3.05) is 5.32 Å². The third kappa shape index (κ3) is 3.88. The Balaban J connectivity index is 1.43. The lowest BCUT2D eigenvalue weighted by molar-refractivity contribution is -0.117. The Morgan fingerprint density at radius 1 is 1.22 bits per heavy atom. The largest absolute Gasteiger partial charge is 0.437 e. The van der Waals surface area contributed by atoms with Gasteiger partial charge in [-0.05, 0) is 30.5 Å². The first-order valence-corrected chi connectivity index (χ1v) is 9.79. The highest BCUT2D eigenvalue weighted by Gasteiger charge is 2.14. The van der Waals surface area contributed by atoms with Crippen LogP contribution in [0.4, 0.5) is 5.69 Å². The molecule has 4 rings (SSSR count). The molecule has 136 valence electrons. The summed E-state index contributed by atoms with van der Waals surface area (Å²) in [6.07, 6.45) is 0. The molecule has 7 nitrogen and oxygen atoms in total. The van der Waals surface area contributed by atoms with Gasteiger partial charge in [0.25, 0.3) is 5.89 Å². The number of aryl methyl sites for hydroxylation is 1. The molecule has 0 aliphatic carbocycles. The summed E-state index contributed by atoms with van der Waals surface area (Å²) in [5.41, 5.74) is 2.52. The van der Waals surface area contributed by atoms with E-state index in [-0.39, 0.29) is 18.3 Å². The van der Waals surface area contributed by atoms with E-state index < -0.39 is 5.76 Å². The Morgan fingerprint density at radius 2 is 2.04 bits per heavy atom. The van der Waals surface area contributed by atoms with Crippen molar-refractivity contribution in [3.8, 4) is 22.0 Å². The molecule has 3 aromatic heterocycles. The molecule has 9 heteroatoms. The van der Waals surface area contributed by atoms with Gasteiger partial charge in [0.05, 0.1) is 15.6 Å². The highest BCUT2D eigenvalue weighted by molar-refractivity contribution is 7.13. The maximum Gasteiger partial charge on any atom is 0.437 e. The van der Waals surface area contributed by atoms with Crippen molar-refractivity contribution in [3.05, 3.63) is 62.7 Å². The van der Waals surface area contributed by atoms with E-state index in [4.69, 9.17) is 4.42 Å². The zero-order chi connectivity index (χ0) is 18.8. The summed E-state index contributed by atoms with van der Waals surface area (Å²) in [7, 11) is 0. The molecule has 0 atom stereocenters. The smallest absolute Gasteiger partial charge is 0.387 e. The minimum atomic E-state index is -0.664. The van der Waals surface area contributed by atoms with Crippen LogP contribution in [0.15, 0.2) is 56.4 Å². The molecule has 0 aliphatic rings. The number of carbonyl (C=O) groups excluding carboxylic acids is 1. The van der Waals surface area contributed by atoms with E-state index in [1.165, 1.54) is 11.3 Å². The quantitative estimate of drug-likeness (QED) is 0.554. The minimum absolute atomic E-state index is 0.214. The van der Waals surface area contributed by atoms with Crippen LogP contribution in [0, 0.1) is 6.92 Å². The monoisotopic (exact) mass is 398 g/mol. The first-order chi connectivity index (χ1) is 13.1. The summed E-state index contributed by atoms with van der Waals surface area (Å²) >= 11 is 3.00. The fourth-order valence-corrected chi connectivity index (χ4v) is 3.73. The molecule has 1 amide bonds. The third-order valence-electron chi connectivity index (χ3n) is 3.72. The van der Waals surface area contributed by atoms with Gasteiger partial charge in [0.1, 0.15) is 6.54 Å². The van der Waals surface area contributed by atoms with Gasteiger partial charge in [-0.25, -0.2) is 9.78 Å². The van der Waals surface area contributed by atoms with Crippen molar-refractivity contribution >= 4 is 34.3 Å². The average molecular weight is 398 g/mol. The molecule has 1 aromatic carbocycles. The van der Waals surface area contributed by atoms with E-state index in [0.29, 0.717) is 5.69 Å². The molecule has 0 radical (unpaired) electrons. The second-order valence-electron chi connectivity index (χ2n) is 5.69. The Hall–Kier alpha value is -3.04. The summed E-state index contributed by atoms with van der Waals surface area (Å²) < 4.78 is 6.11. The van der Waals surface area contributed by atoms with E-state index >= 15 is 0 Å². The predicted octanol–water partition coefficient (Wildman–Crippen LogP) is 3.64. The Morgan fingerprint density at radius 3 is 2.70 bits per heavy atom. The summed E-state index contributed by atoms with van der Waals surface area (Å²) in [6.45, 7) is 1.74. The van der Waals surface area contributed by atoms with Gasteiger partial charge in [0.15, 0.2) is 0 Å². The van der Waals surface area contributed by atoms with Crippen LogP contribution in [-0.2, 0) is 11.3 Å². The van der Waals surface area contributed by atoms with Crippen LogP contribution in [0.2, 0.25) is 0 Å². The van der Waals surface area contributed by atoms with Gasteiger partial charge in [-0.15, -0.1) is 27.8 Å². The summed E-state index contributed by atoms with van der Waals surface area (Å²) in [4.78, 5) is 29.3. The van der Waals surface area contributed by atoms with Crippen LogP contribution in [-0.4, -0.2) is 20.7 Å². The van der Waals surface area contributed by atoms with Crippen LogP contribution in [0.3, 0.4) is 0 Å². The van der Waals surface area contributed by atoms with E-state index in [1.54, 1.807) is 29.5 Å². The number of hydrogen-bond donors (Lipinski definition) is 1. The summed E-state index contributed by atoms with van der Waals surface area (Å²) in [5.74, 6) is -0.811. The Bertz CT molecular complexity index is 1120. The SMILES string of the molecule is Cc1nc(-c2ccc(NC(=O)Cn3nc(-c4cccs4)oc3=O)cc2)cs1. The van der Waals surface area contributed by atoms with Gasteiger partial charge in [-0.3, -0.25) is 4.79 Å². The number of carbonyl (C=O) groups is 1. The molecule has 0 bridgehead atoms. The summed E-state index contributed by atoms with van der Waals surface area (Å²) in [5, 5.41) is 11.7. The van der Waals surface area contributed by atoms with Crippen molar-refractivity contribution in [3.63, 3.8) is 0 Å². The first-order valence-electron chi connectivity index (χ1n) is 8.03. The van der Waals surface area contributed by atoms with Crippen LogP contribution in [0.1, 0.15) is 5.01 Å². The molecule has 3 heterocycles. The molecule has 0 aliphatic heterocycles. The predicted molar refractivity (Wildman–Crippen MR) is 105 cm³/mol. The fraction of sp³-hybridized carbons (Fsp3) is 0.111. The lowest BCUT2D eigenvalue weighted by atomic mass is 10.1. The molecular weight excluding hydrogens is 384 g/mol. The molecule has 0 fully saturated rings. The van der Waals surface area contributed by atoms with E-state index in [2.05, 4.69) is 15.4 Å². The number of nitrogens with one attached hydrogen (secondary N) is 1. The van der Waals surface area contributed by atoms with Crippen molar-refractivity contribution in [1.82, 2.24) is 14.8 Å². The second-order valence-corrected chi connectivity index (χ2v) is 7.70. The lowest BCUT2D eigenvalue weighted by Gasteiger charge is -2.05. The fourth-order valence-electron chi connectivity index (χ4n) is 2.46. The van der Waals surface area contributed by atoms with Gasteiger partial charge in [0.2, 0.25) is 5.91 Å². The van der Waals surface area contributed by atoms with Gasteiger partial charge < -0.3 is 9.73 Å². The van der Waals surface area contributed by atoms with Crippen molar-refractivity contribution in [2.24, 2.45) is 0 Å². The van der Waals surface area contributed by atoms with E-state index in [9.17, 15) is 9.59 Å². The van der Waals surface area contributed by atoms with Crippen molar-refractivity contribution in [2.45, 2.75) is 13.5 Å². The molecule has 27 heavy (non-hydrogen) atoms.